The second-order valence-corrected chi connectivity index (χ2v) is 7.50. The van der Waals surface area contributed by atoms with Gasteiger partial charge in [0.05, 0.1) is 31.3 Å². The molecule has 29 heavy (non-hydrogen) atoms. The van der Waals surface area contributed by atoms with Crippen LogP contribution in [0.3, 0.4) is 0 Å². The summed E-state index contributed by atoms with van der Waals surface area (Å²) in [4.78, 5) is 16.9. The number of methoxy groups -OCH3 is 1. The molecule has 2 heterocycles. The summed E-state index contributed by atoms with van der Waals surface area (Å²) in [6.45, 7) is 0.788. The molecule has 3 atom stereocenters. The molecular formula is C21H25N5O3. The van der Waals surface area contributed by atoms with Crippen LogP contribution in [0.4, 0.5) is 0 Å². The summed E-state index contributed by atoms with van der Waals surface area (Å²) in [6, 6.07) is 6.93. The van der Waals surface area contributed by atoms with E-state index in [2.05, 4.69) is 15.4 Å². The molecule has 8 heteroatoms. The van der Waals surface area contributed by atoms with Gasteiger partial charge in [0.1, 0.15) is 5.75 Å². The van der Waals surface area contributed by atoms with Crippen LogP contribution in [0.1, 0.15) is 23.2 Å². The van der Waals surface area contributed by atoms with E-state index < -0.39 is 6.10 Å². The molecule has 0 bridgehead atoms. The Morgan fingerprint density at radius 3 is 2.86 bits per heavy atom. The van der Waals surface area contributed by atoms with Crippen molar-refractivity contribution in [2.45, 2.75) is 31.5 Å². The SMILES string of the molecule is COc1ccc(C(=O)N[C@@H]2CC(Cn3ccnc3)C[C@H]2O)cc1-c1ccnn1C. The van der Waals surface area contributed by atoms with E-state index in [4.69, 9.17) is 4.74 Å². The Kier molecular flexibility index (Phi) is 5.35. The number of benzene rings is 1. The van der Waals surface area contributed by atoms with Crippen molar-refractivity contribution < 1.29 is 14.6 Å². The third-order valence-electron chi connectivity index (χ3n) is 5.53. The third kappa shape index (κ3) is 4.02. The van der Waals surface area contributed by atoms with Crippen molar-refractivity contribution in [3.8, 4) is 17.0 Å². The maximum Gasteiger partial charge on any atom is 0.251 e. The van der Waals surface area contributed by atoms with Crippen molar-refractivity contribution in [1.29, 1.82) is 0 Å². The van der Waals surface area contributed by atoms with Gasteiger partial charge in [-0.2, -0.15) is 5.10 Å². The zero-order valence-corrected chi connectivity index (χ0v) is 16.5. The molecule has 2 aromatic heterocycles. The molecule has 1 unspecified atom stereocenters. The summed E-state index contributed by atoms with van der Waals surface area (Å²) >= 11 is 0. The predicted octanol–water partition coefficient (Wildman–Crippen LogP) is 1.86. The molecule has 1 saturated carbocycles. The number of nitrogens with one attached hydrogen (secondary N) is 1. The molecule has 8 nitrogen and oxygen atoms in total. The van der Waals surface area contributed by atoms with Crippen molar-refractivity contribution in [2.75, 3.05) is 7.11 Å². The summed E-state index contributed by atoms with van der Waals surface area (Å²) < 4.78 is 9.20. The van der Waals surface area contributed by atoms with Gasteiger partial charge in [-0.3, -0.25) is 9.48 Å². The number of hydrogen-bond donors (Lipinski definition) is 2. The number of aromatic nitrogens is 4. The van der Waals surface area contributed by atoms with Crippen LogP contribution in [-0.4, -0.2) is 49.6 Å². The summed E-state index contributed by atoms with van der Waals surface area (Å²) in [5, 5.41) is 17.6. The van der Waals surface area contributed by atoms with Gasteiger partial charge in [0.2, 0.25) is 0 Å². The van der Waals surface area contributed by atoms with Crippen molar-refractivity contribution in [1.82, 2.24) is 24.6 Å². The standard InChI is InChI=1S/C21H25N5O3/c1-25-18(5-6-23-25)16-11-15(3-4-20(16)29-2)21(28)24-17-9-14(10-19(17)27)12-26-8-7-22-13-26/h3-8,11,13-14,17,19,27H,9-10,12H2,1-2H3,(H,24,28)/t14?,17-,19-/m1/s1. The fourth-order valence-corrected chi connectivity index (χ4v) is 4.05. The maximum absolute atomic E-state index is 12.9. The second-order valence-electron chi connectivity index (χ2n) is 7.50. The van der Waals surface area contributed by atoms with Gasteiger partial charge in [-0.05, 0) is 43.0 Å². The number of amides is 1. The predicted molar refractivity (Wildman–Crippen MR) is 107 cm³/mol. The molecule has 152 valence electrons. The van der Waals surface area contributed by atoms with Crippen LogP contribution in [0.15, 0.2) is 49.2 Å². The number of imidazole rings is 1. The highest BCUT2D eigenvalue weighted by atomic mass is 16.5. The van der Waals surface area contributed by atoms with Gasteiger partial charge >= 0.3 is 0 Å². The number of ether oxygens (including phenoxy) is 1. The summed E-state index contributed by atoms with van der Waals surface area (Å²) in [6.07, 6.45) is 7.97. The number of carbonyl (C=O) groups is 1. The van der Waals surface area contributed by atoms with E-state index in [1.165, 1.54) is 0 Å². The Bertz CT molecular complexity index is 982. The molecule has 0 saturated heterocycles. The first-order valence-electron chi connectivity index (χ1n) is 9.66. The lowest BCUT2D eigenvalue weighted by molar-refractivity contribution is 0.0873. The zero-order chi connectivity index (χ0) is 20.4. The van der Waals surface area contributed by atoms with E-state index >= 15 is 0 Å². The average Bonchev–Trinajstić information content (AvgIpc) is 3.44. The number of rotatable bonds is 6. The lowest BCUT2D eigenvalue weighted by Gasteiger charge is -2.17. The first-order chi connectivity index (χ1) is 14.0. The highest BCUT2D eigenvalue weighted by Crippen LogP contribution is 2.31. The molecule has 0 aliphatic heterocycles. The van der Waals surface area contributed by atoms with Crippen LogP contribution in [0.2, 0.25) is 0 Å². The number of aliphatic hydroxyl groups excluding tert-OH is 1. The Morgan fingerprint density at radius 2 is 2.17 bits per heavy atom. The van der Waals surface area contributed by atoms with E-state index in [-0.39, 0.29) is 11.9 Å². The molecule has 1 amide bonds. The summed E-state index contributed by atoms with van der Waals surface area (Å²) in [5.41, 5.74) is 2.18. The molecule has 2 N–H and O–H groups in total. The quantitative estimate of drug-likeness (QED) is 0.664. The van der Waals surface area contributed by atoms with Crippen LogP contribution in [0.25, 0.3) is 11.3 Å². The lowest BCUT2D eigenvalue weighted by atomic mass is 10.1. The number of aryl methyl sites for hydroxylation is 1. The van der Waals surface area contributed by atoms with Gasteiger partial charge < -0.3 is 19.7 Å². The monoisotopic (exact) mass is 395 g/mol. The number of carbonyl (C=O) groups excluding carboxylic acids is 1. The van der Waals surface area contributed by atoms with Crippen molar-refractivity contribution in [3.05, 3.63) is 54.7 Å². The smallest absolute Gasteiger partial charge is 0.251 e. The van der Waals surface area contributed by atoms with Gasteiger partial charge in [-0.25, -0.2) is 4.98 Å². The first-order valence-corrected chi connectivity index (χ1v) is 9.66. The molecule has 1 aromatic carbocycles. The van der Waals surface area contributed by atoms with E-state index in [9.17, 15) is 9.90 Å². The highest BCUT2D eigenvalue weighted by Gasteiger charge is 2.34. The fourth-order valence-electron chi connectivity index (χ4n) is 4.05. The van der Waals surface area contributed by atoms with Gasteiger partial charge in [-0.15, -0.1) is 0 Å². The van der Waals surface area contributed by atoms with E-state index in [1.807, 2.05) is 23.9 Å². The molecule has 0 radical (unpaired) electrons. The summed E-state index contributed by atoms with van der Waals surface area (Å²) in [7, 11) is 3.45. The second kappa shape index (κ2) is 8.08. The van der Waals surface area contributed by atoms with Gasteiger partial charge in [-0.1, -0.05) is 0 Å². The molecule has 1 aliphatic rings. The highest BCUT2D eigenvalue weighted by molar-refractivity contribution is 5.96. The minimum atomic E-state index is -0.553. The van der Waals surface area contributed by atoms with Crippen molar-refractivity contribution in [2.24, 2.45) is 13.0 Å². The number of aliphatic hydroxyl groups is 1. The van der Waals surface area contributed by atoms with Gasteiger partial charge in [0.25, 0.3) is 5.91 Å². The van der Waals surface area contributed by atoms with Crippen LogP contribution < -0.4 is 10.1 Å². The normalized spacial score (nSPS) is 21.3. The van der Waals surface area contributed by atoms with E-state index in [1.54, 1.807) is 48.7 Å². The minimum absolute atomic E-state index is 0.205. The van der Waals surface area contributed by atoms with Crippen molar-refractivity contribution in [3.63, 3.8) is 0 Å². The van der Waals surface area contributed by atoms with Gasteiger partial charge in [0.15, 0.2) is 0 Å². The minimum Gasteiger partial charge on any atom is -0.496 e. The largest absolute Gasteiger partial charge is 0.496 e. The third-order valence-corrected chi connectivity index (χ3v) is 5.53. The Morgan fingerprint density at radius 1 is 1.31 bits per heavy atom. The van der Waals surface area contributed by atoms with Crippen LogP contribution >= 0.6 is 0 Å². The molecular weight excluding hydrogens is 370 g/mol. The maximum atomic E-state index is 12.9. The van der Waals surface area contributed by atoms with E-state index in [0.717, 1.165) is 24.2 Å². The average molecular weight is 395 g/mol. The van der Waals surface area contributed by atoms with Crippen molar-refractivity contribution >= 4 is 5.91 Å². The molecule has 1 aliphatic carbocycles. The summed E-state index contributed by atoms with van der Waals surface area (Å²) in [5.74, 6) is 0.764. The van der Waals surface area contributed by atoms with E-state index in [0.29, 0.717) is 23.7 Å². The molecule has 0 spiro atoms. The Hall–Kier alpha value is -3.13. The number of nitrogens with zero attached hydrogens (tertiary/aromatic N) is 4. The molecule has 3 aromatic rings. The molecule has 4 rings (SSSR count). The lowest BCUT2D eigenvalue weighted by Crippen LogP contribution is -2.39. The Labute approximate surface area is 169 Å². The zero-order valence-electron chi connectivity index (χ0n) is 16.5. The van der Waals surface area contributed by atoms with Crippen LogP contribution in [-0.2, 0) is 13.6 Å². The number of hydrogen-bond acceptors (Lipinski definition) is 5. The first kappa shape index (κ1) is 19.2. The van der Waals surface area contributed by atoms with Crippen LogP contribution in [0, 0.1) is 5.92 Å². The Balaban J connectivity index is 1.48. The van der Waals surface area contributed by atoms with Crippen LogP contribution in [0.5, 0.6) is 5.75 Å². The topological polar surface area (TPSA) is 94.2 Å². The molecule has 1 fully saturated rings. The van der Waals surface area contributed by atoms with Gasteiger partial charge in [0, 0.05) is 43.3 Å². The fraction of sp³-hybridized carbons (Fsp3) is 0.381.